The second kappa shape index (κ2) is 5.70. The highest BCUT2D eigenvalue weighted by atomic mass is 15.0. The Labute approximate surface area is 180 Å². The van der Waals surface area contributed by atoms with Crippen LogP contribution in [0.3, 0.4) is 0 Å². The van der Waals surface area contributed by atoms with Crippen LogP contribution >= 0.6 is 0 Å². The van der Waals surface area contributed by atoms with Crippen LogP contribution in [0.4, 0.5) is 0 Å². The Morgan fingerprint density at radius 2 is 1.87 bits per heavy atom. The number of aromatic nitrogens is 3. The van der Waals surface area contributed by atoms with E-state index in [4.69, 9.17) is 11.6 Å². The Kier molecular flexibility index (Phi) is 3.33. The van der Waals surface area contributed by atoms with Gasteiger partial charge in [-0.3, -0.25) is 4.40 Å². The maximum absolute atomic E-state index is 7.76. The van der Waals surface area contributed by atoms with Crippen molar-refractivity contribution in [3.8, 4) is 0 Å². The monoisotopic (exact) mass is 403 g/mol. The fourth-order valence-corrected chi connectivity index (χ4v) is 5.13. The average Bonchev–Trinajstić information content (AvgIpc) is 3.09. The van der Waals surface area contributed by atoms with E-state index in [1.54, 1.807) is 0 Å². The van der Waals surface area contributed by atoms with E-state index in [1.807, 2.05) is 26.1 Å². The Balaban J connectivity index is 2.06. The first-order chi connectivity index (χ1) is 14.8. The average molecular weight is 404 g/mol. The normalized spacial score (nSPS) is 12.6. The third-order valence-electron chi connectivity index (χ3n) is 7.01. The summed E-state index contributed by atoms with van der Waals surface area (Å²) in [5.41, 5.74) is 7.56. The van der Waals surface area contributed by atoms with Crippen LogP contribution < -0.4 is 4.57 Å². The molecule has 0 aliphatic carbocycles. The lowest BCUT2D eigenvalue weighted by Gasteiger charge is -2.17. The van der Waals surface area contributed by atoms with Crippen molar-refractivity contribution in [1.29, 1.82) is 0 Å². The lowest BCUT2D eigenvalue weighted by molar-refractivity contribution is -0.643. The zero-order valence-corrected chi connectivity index (χ0v) is 18.4. The smallest absolute Gasteiger partial charge is 0.252 e. The molecular weight excluding hydrogens is 380 g/mol. The molecule has 4 nitrogen and oxygen atoms in total. The van der Waals surface area contributed by atoms with E-state index in [1.165, 1.54) is 43.7 Å². The molecule has 0 unspecified atom stereocenters. The second-order valence-electron chi connectivity index (χ2n) is 9.21. The maximum Gasteiger partial charge on any atom is 0.252 e. The van der Waals surface area contributed by atoms with Gasteiger partial charge in [0, 0.05) is 42.4 Å². The van der Waals surface area contributed by atoms with E-state index >= 15 is 0 Å². The van der Waals surface area contributed by atoms with Crippen molar-refractivity contribution < 1.29 is 4.57 Å². The molecule has 0 radical (unpaired) electrons. The van der Waals surface area contributed by atoms with Gasteiger partial charge in [0.25, 0.3) is 5.54 Å². The lowest BCUT2D eigenvalue weighted by Crippen LogP contribution is -2.29. The number of nitrogens with zero attached hydrogens (tertiary/aromatic N) is 4. The molecule has 0 aliphatic heterocycles. The molecule has 0 amide bonds. The van der Waals surface area contributed by atoms with Crippen molar-refractivity contribution in [2.75, 3.05) is 0 Å². The number of fused-ring (bicyclic) bond motifs is 5. The number of aryl methyl sites for hydroxylation is 3. The summed E-state index contributed by atoms with van der Waals surface area (Å²) in [6, 6.07) is 13.0. The van der Waals surface area contributed by atoms with E-state index in [2.05, 4.69) is 71.2 Å². The molecule has 2 aromatic carbocycles. The third kappa shape index (κ3) is 2.13. The van der Waals surface area contributed by atoms with E-state index < -0.39 is 5.54 Å². The largest absolute Gasteiger partial charge is 0.306 e. The highest BCUT2D eigenvalue weighted by Gasteiger charge is 2.30. The van der Waals surface area contributed by atoms with Gasteiger partial charge in [-0.1, -0.05) is 0 Å². The van der Waals surface area contributed by atoms with Gasteiger partial charge < -0.3 is 4.85 Å². The molecule has 0 N–H and O–H groups in total. The first-order valence-electron chi connectivity index (χ1n) is 10.6. The summed E-state index contributed by atoms with van der Waals surface area (Å²) in [5.74, 6) is 0. The molecule has 6 rings (SSSR count). The van der Waals surface area contributed by atoms with Gasteiger partial charge in [-0.05, 0) is 60.7 Å². The SMILES string of the molecule is [C-]#[N+]C(C)(C)c1cc2cc[n+](C)c3c4c(C)c(C)cc5c6cccnc6n(c(c1)c23)c54. The van der Waals surface area contributed by atoms with E-state index in [0.29, 0.717) is 0 Å². The Bertz CT molecular complexity index is 1750. The van der Waals surface area contributed by atoms with Gasteiger partial charge >= 0.3 is 0 Å². The molecule has 0 saturated carbocycles. The summed E-state index contributed by atoms with van der Waals surface area (Å²) in [4.78, 5) is 8.73. The zero-order valence-electron chi connectivity index (χ0n) is 18.4. The molecule has 0 bridgehead atoms. The molecule has 150 valence electrons. The molecule has 0 saturated heterocycles. The van der Waals surface area contributed by atoms with Crippen LogP contribution in [-0.2, 0) is 12.6 Å². The van der Waals surface area contributed by atoms with Crippen molar-refractivity contribution in [2.24, 2.45) is 7.05 Å². The van der Waals surface area contributed by atoms with Crippen LogP contribution in [0.25, 0.3) is 54.0 Å². The number of benzene rings is 2. The van der Waals surface area contributed by atoms with Gasteiger partial charge in [-0.25, -0.2) is 16.1 Å². The number of pyridine rings is 3. The minimum atomic E-state index is -0.595. The lowest BCUT2D eigenvalue weighted by atomic mass is 9.90. The summed E-state index contributed by atoms with van der Waals surface area (Å²) in [6.07, 6.45) is 4.01. The predicted molar refractivity (Wildman–Crippen MR) is 127 cm³/mol. The Morgan fingerprint density at radius 3 is 2.65 bits per heavy atom. The van der Waals surface area contributed by atoms with Crippen LogP contribution in [-0.4, -0.2) is 9.38 Å². The molecule has 31 heavy (non-hydrogen) atoms. The van der Waals surface area contributed by atoms with Gasteiger partial charge in [0.05, 0.1) is 21.8 Å². The van der Waals surface area contributed by atoms with Gasteiger partial charge in [-0.15, -0.1) is 0 Å². The standard InChI is InChI=1S/C27H23N4/c1-15-12-20-19-8-7-10-29-26(19)31-21-14-18(27(3,4)28-5)13-17-9-11-30(6)25(23(17)21)22(16(15)2)24(20)31/h7-14H,1-4,6H3/q+1. The van der Waals surface area contributed by atoms with Gasteiger partial charge in [-0.2, -0.15) is 0 Å². The van der Waals surface area contributed by atoms with Crippen molar-refractivity contribution in [3.63, 3.8) is 0 Å². The van der Waals surface area contributed by atoms with Crippen LogP contribution in [0.1, 0.15) is 30.5 Å². The first kappa shape index (κ1) is 18.1. The Hall–Kier alpha value is -3.71. The molecular formula is C27H23N4+. The zero-order chi connectivity index (χ0) is 21.7. The first-order valence-corrected chi connectivity index (χ1v) is 10.6. The molecule has 4 heteroatoms. The molecule has 0 aliphatic rings. The summed E-state index contributed by atoms with van der Waals surface area (Å²) in [5, 5.41) is 6.07. The molecule has 4 aromatic heterocycles. The molecule has 4 heterocycles. The van der Waals surface area contributed by atoms with Crippen molar-refractivity contribution in [3.05, 3.63) is 76.9 Å². The topological polar surface area (TPSA) is 25.5 Å². The van der Waals surface area contributed by atoms with E-state index in [9.17, 15) is 0 Å². The van der Waals surface area contributed by atoms with Crippen LogP contribution in [0.15, 0.2) is 48.8 Å². The maximum atomic E-state index is 7.76. The molecule has 0 fully saturated rings. The van der Waals surface area contributed by atoms with E-state index in [0.717, 1.165) is 22.1 Å². The minimum Gasteiger partial charge on any atom is -0.306 e. The molecule has 0 spiro atoms. The number of rotatable bonds is 1. The third-order valence-corrected chi connectivity index (χ3v) is 7.01. The van der Waals surface area contributed by atoms with Crippen molar-refractivity contribution in [1.82, 2.24) is 9.38 Å². The molecule has 6 aromatic rings. The van der Waals surface area contributed by atoms with E-state index in [-0.39, 0.29) is 0 Å². The summed E-state index contributed by atoms with van der Waals surface area (Å²) in [6.45, 7) is 16.2. The minimum absolute atomic E-state index is 0.595. The summed E-state index contributed by atoms with van der Waals surface area (Å²) in [7, 11) is 2.12. The number of hydrogen-bond donors (Lipinski definition) is 0. The van der Waals surface area contributed by atoms with Gasteiger partial charge in [0.1, 0.15) is 12.7 Å². The van der Waals surface area contributed by atoms with Crippen molar-refractivity contribution >= 4 is 49.1 Å². The number of hydrogen-bond acceptors (Lipinski definition) is 1. The Morgan fingerprint density at radius 1 is 1.06 bits per heavy atom. The summed E-state index contributed by atoms with van der Waals surface area (Å²) < 4.78 is 4.56. The van der Waals surface area contributed by atoms with Crippen LogP contribution in [0, 0.1) is 20.4 Å². The van der Waals surface area contributed by atoms with Crippen molar-refractivity contribution in [2.45, 2.75) is 33.2 Å². The van der Waals surface area contributed by atoms with Gasteiger partial charge in [0.2, 0.25) is 5.52 Å². The van der Waals surface area contributed by atoms with Crippen LogP contribution in [0.2, 0.25) is 0 Å². The highest BCUT2D eigenvalue weighted by Crippen LogP contribution is 2.42. The second-order valence-corrected chi connectivity index (χ2v) is 9.21. The summed E-state index contributed by atoms with van der Waals surface area (Å²) >= 11 is 0. The fourth-order valence-electron chi connectivity index (χ4n) is 5.13. The molecule has 0 atom stereocenters. The highest BCUT2D eigenvalue weighted by molar-refractivity contribution is 6.25. The quantitative estimate of drug-likeness (QED) is 0.143. The van der Waals surface area contributed by atoms with Gasteiger partial charge in [0.15, 0.2) is 6.20 Å². The van der Waals surface area contributed by atoms with Crippen LogP contribution in [0.5, 0.6) is 0 Å². The predicted octanol–water partition coefficient (Wildman–Crippen LogP) is 5.98. The fraction of sp³-hybridized carbons (Fsp3) is 0.222.